The van der Waals surface area contributed by atoms with E-state index in [1.165, 1.54) is 12.4 Å². The van der Waals surface area contributed by atoms with Crippen molar-refractivity contribution in [2.45, 2.75) is 16.7 Å². The molecule has 0 fully saturated rings. The van der Waals surface area contributed by atoms with E-state index >= 15 is 0 Å². The van der Waals surface area contributed by atoms with Crippen molar-refractivity contribution < 1.29 is 17.5 Å². The van der Waals surface area contributed by atoms with Gasteiger partial charge in [0.15, 0.2) is 9.84 Å². The summed E-state index contributed by atoms with van der Waals surface area (Å²) in [4.78, 5) is 0.182. The smallest absolute Gasteiger partial charge is 0.175 e. The topological polar surface area (TPSA) is 99.0 Å². The number of nitrogens with one attached hydrogen (secondary N) is 1. The van der Waals surface area contributed by atoms with E-state index in [9.17, 15) is 17.5 Å². The third-order valence-electron chi connectivity index (χ3n) is 2.39. The van der Waals surface area contributed by atoms with Gasteiger partial charge in [-0.2, -0.15) is 0 Å². The Morgan fingerprint density at radius 1 is 1.35 bits per heavy atom. The summed E-state index contributed by atoms with van der Waals surface area (Å²) in [6.45, 7) is 1.65. The van der Waals surface area contributed by atoms with Crippen LogP contribution in [0.1, 0.15) is 5.56 Å². The largest absolute Gasteiger partial charge is 0.343 e. The molecule has 0 radical (unpaired) electrons. The molecule has 1 aromatic rings. The van der Waals surface area contributed by atoms with E-state index in [0.717, 1.165) is 6.26 Å². The van der Waals surface area contributed by atoms with E-state index in [0.29, 0.717) is 11.3 Å². The van der Waals surface area contributed by atoms with Crippen molar-refractivity contribution in [2.24, 2.45) is 4.40 Å². The molecule has 1 aliphatic rings. The van der Waals surface area contributed by atoms with Crippen LogP contribution in [-0.4, -0.2) is 30.1 Å². The number of benzene rings is 1. The number of anilines is 1. The van der Waals surface area contributed by atoms with Crippen LogP contribution in [0.15, 0.2) is 26.3 Å². The van der Waals surface area contributed by atoms with Crippen molar-refractivity contribution >= 4 is 32.6 Å². The first kappa shape index (κ1) is 12.4. The Morgan fingerprint density at radius 3 is 2.59 bits per heavy atom. The Balaban J connectivity index is 2.73. The molecule has 6 nitrogen and oxygen atoms in total. The van der Waals surface area contributed by atoms with Crippen LogP contribution in [0.25, 0.3) is 0 Å². The lowest BCUT2D eigenvalue weighted by molar-refractivity contribution is 0.489. The standard InChI is InChI=1S/C9H12N2O4S2/c1-6-3-7-9(4-8(6)16(2,12)13)17(14,15)11-5-10-7/h3-5,14-15H,1-2H3,(H,10,11). The summed E-state index contributed by atoms with van der Waals surface area (Å²) in [5.41, 5.74) is 1.01. The van der Waals surface area contributed by atoms with E-state index < -0.39 is 20.6 Å². The molecule has 8 heteroatoms. The van der Waals surface area contributed by atoms with E-state index in [1.54, 1.807) is 13.0 Å². The van der Waals surface area contributed by atoms with Crippen LogP contribution < -0.4 is 5.32 Å². The Labute approximate surface area is 101 Å². The zero-order valence-corrected chi connectivity index (χ0v) is 10.8. The normalized spacial score (nSPS) is 19.3. The second-order valence-electron chi connectivity index (χ2n) is 3.78. The van der Waals surface area contributed by atoms with Gasteiger partial charge in [0.25, 0.3) is 0 Å². The molecule has 94 valence electrons. The minimum Gasteiger partial charge on any atom is -0.343 e. The number of fused-ring (bicyclic) bond motifs is 1. The van der Waals surface area contributed by atoms with Crippen LogP contribution in [0, 0.1) is 6.92 Å². The van der Waals surface area contributed by atoms with Gasteiger partial charge in [-0.1, -0.05) is 10.8 Å². The second kappa shape index (κ2) is 3.70. The molecule has 0 amide bonds. The summed E-state index contributed by atoms with van der Waals surface area (Å²) in [7, 11) is -6.70. The number of sulfone groups is 1. The first-order valence-corrected chi connectivity index (χ1v) is 8.04. The molecule has 1 heterocycles. The molecule has 0 atom stereocenters. The third-order valence-corrected chi connectivity index (χ3v) is 4.96. The molecule has 0 saturated carbocycles. The minimum atomic E-state index is -3.41. The molecule has 2 rings (SSSR count). The van der Waals surface area contributed by atoms with Crippen LogP contribution in [0.2, 0.25) is 0 Å². The SMILES string of the molecule is Cc1cc2c(cc1S(C)(=O)=O)S(O)(O)N=CN2. The molecule has 0 aliphatic carbocycles. The van der Waals surface area contributed by atoms with Crippen molar-refractivity contribution in [3.8, 4) is 0 Å². The predicted molar refractivity (Wildman–Crippen MR) is 67.5 cm³/mol. The number of nitrogens with zero attached hydrogens (tertiary/aromatic N) is 1. The summed E-state index contributed by atoms with van der Waals surface area (Å²) in [6, 6.07) is 2.82. The minimum absolute atomic E-state index is 0.0788. The van der Waals surface area contributed by atoms with Gasteiger partial charge >= 0.3 is 0 Å². The lowest BCUT2D eigenvalue weighted by Crippen LogP contribution is -2.12. The first-order valence-electron chi connectivity index (χ1n) is 4.65. The molecule has 0 aromatic heterocycles. The summed E-state index contributed by atoms with van der Waals surface area (Å²) >= 11 is 0. The van der Waals surface area contributed by atoms with E-state index in [2.05, 4.69) is 9.71 Å². The van der Waals surface area contributed by atoms with Gasteiger partial charge in [0, 0.05) is 6.26 Å². The molecule has 0 saturated heterocycles. The Kier molecular flexibility index (Phi) is 2.69. The highest BCUT2D eigenvalue weighted by Gasteiger charge is 2.25. The molecule has 0 spiro atoms. The maximum atomic E-state index is 11.5. The molecular weight excluding hydrogens is 264 g/mol. The number of aryl methyl sites for hydroxylation is 1. The van der Waals surface area contributed by atoms with Crippen molar-refractivity contribution in [1.29, 1.82) is 0 Å². The fourth-order valence-corrected chi connectivity index (χ4v) is 3.69. The zero-order valence-electron chi connectivity index (χ0n) is 9.21. The maximum absolute atomic E-state index is 11.5. The van der Waals surface area contributed by atoms with E-state index in [4.69, 9.17) is 0 Å². The summed E-state index contributed by atoms with van der Waals surface area (Å²) in [5, 5.41) is 2.75. The summed E-state index contributed by atoms with van der Waals surface area (Å²) in [6.07, 6.45) is 2.27. The van der Waals surface area contributed by atoms with E-state index in [1.807, 2.05) is 0 Å². The predicted octanol–water partition coefficient (Wildman–Crippen LogP) is 1.88. The number of hydrogen-bond acceptors (Lipinski definition) is 6. The van der Waals surface area contributed by atoms with Gasteiger partial charge in [-0.3, -0.25) is 9.11 Å². The Hall–Kier alpha value is -1.09. The zero-order chi connectivity index (χ0) is 12.8. The van der Waals surface area contributed by atoms with Gasteiger partial charge in [-0.05, 0) is 24.6 Å². The van der Waals surface area contributed by atoms with Crippen molar-refractivity contribution in [3.05, 3.63) is 17.7 Å². The van der Waals surface area contributed by atoms with Gasteiger partial charge in [0.05, 0.1) is 10.6 Å². The fraction of sp³-hybridized carbons (Fsp3) is 0.222. The third kappa shape index (κ3) is 2.16. The van der Waals surface area contributed by atoms with Crippen molar-refractivity contribution in [3.63, 3.8) is 0 Å². The van der Waals surface area contributed by atoms with Gasteiger partial charge in [0.1, 0.15) is 11.2 Å². The van der Waals surface area contributed by atoms with Gasteiger partial charge in [-0.15, -0.1) is 4.40 Å². The van der Waals surface area contributed by atoms with Crippen LogP contribution in [0.3, 0.4) is 0 Å². The maximum Gasteiger partial charge on any atom is 0.175 e. The highest BCUT2D eigenvalue weighted by molar-refractivity contribution is 8.23. The number of rotatable bonds is 1. The van der Waals surface area contributed by atoms with Crippen LogP contribution >= 0.6 is 10.8 Å². The van der Waals surface area contributed by atoms with Gasteiger partial charge in [-0.25, -0.2) is 8.42 Å². The summed E-state index contributed by atoms with van der Waals surface area (Å²) in [5.74, 6) is 0. The Bertz CT molecular complexity index is 608. The monoisotopic (exact) mass is 276 g/mol. The average Bonchev–Trinajstić information content (AvgIpc) is 2.13. The van der Waals surface area contributed by atoms with Gasteiger partial charge < -0.3 is 5.32 Å². The molecular formula is C9H12N2O4S2. The molecule has 0 unspecified atom stereocenters. The van der Waals surface area contributed by atoms with Crippen LogP contribution in [0.4, 0.5) is 5.69 Å². The number of hydrogen-bond donors (Lipinski definition) is 3. The van der Waals surface area contributed by atoms with Crippen LogP contribution in [-0.2, 0) is 9.84 Å². The summed E-state index contributed by atoms with van der Waals surface area (Å²) < 4.78 is 46.0. The van der Waals surface area contributed by atoms with Gasteiger partial charge in [0.2, 0.25) is 0 Å². The molecule has 1 aliphatic heterocycles. The Morgan fingerprint density at radius 2 is 2.00 bits per heavy atom. The van der Waals surface area contributed by atoms with Crippen LogP contribution in [0.5, 0.6) is 0 Å². The molecule has 17 heavy (non-hydrogen) atoms. The lowest BCUT2D eigenvalue weighted by atomic mass is 10.2. The quantitative estimate of drug-likeness (QED) is 0.727. The van der Waals surface area contributed by atoms with Crippen molar-refractivity contribution in [1.82, 2.24) is 0 Å². The molecule has 1 aromatic carbocycles. The first-order chi connectivity index (χ1) is 7.72. The van der Waals surface area contributed by atoms with E-state index in [-0.39, 0.29) is 9.79 Å². The highest BCUT2D eigenvalue weighted by atomic mass is 32.3. The highest BCUT2D eigenvalue weighted by Crippen LogP contribution is 2.55. The molecule has 0 bridgehead atoms. The second-order valence-corrected chi connectivity index (χ2v) is 7.46. The lowest BCUT2D eigenvalue weighted by Gasteiger charge is -2.32. The fourth-order valence-electron chi connectivity index (χ4n) is 1.63. The van der Waals surface area contributed by atoms with Crippen molar-refractivity contribution in [2.75, 3.05) is 11.6 Å². The average molecular weight is 276 g/mol. The molecule has 3 N–H and O–H groups in total.